The van der Waals surface area contributed by atoms with Crippen molar-refractivity contribution < 1.29 is 33.5 Å². The first-order valence-corrected chi connectivity index (χ1v) is 12.3. The van der Waals surface area contributed by atoms with Crippen molar-refractivity contribution in [2.75, 3.05) is 26.1 Å². The molecular formula is C25H28N6O8. The first-order chi connectivity index (χ1) is 18.7. The van der Waals surface area contributed by atoms with E-state index in [1.165, 1.54) is 4.57 Å². The molecule has 1 aromatic carbocycles. The van der Waals surface area contributed by atoms with E-state index in [1.54, 1.807) is 7.11 Å². The van der Waals surface area contributed by atoms with Gasteiger partial charge in [-0.1, -0.05) is 24.3 Å². The maximum Gasteiger partial charge on any atom is 0.333 e. The van der Waals surface area contributed by atoms with Gasteiger partial charge in [0.05, 0.1) is 19.6 Å². The van der Waals surface area contributed by atoms with Gasteiger partial charge in [0.1, 0.15) is 17.9 Å². The topological polar surface area (TPSA) is 189 Å². The summed E-state index contributed by atoms with van der Waals surface area (Å²) in [6, 6.07) is 7.42. The molecule has 3 aromatic rings. The molecule has 2 aromatic heterocycles. The van der Waals surface area contributed by atoms with E-state index < -0.39 is 23.5 Å². The molecular weight excluding hydrogens is 512 g/mol. The average molecular weight is 541 g/mol. The fraction of sp³-hybridized carbons (Fsp3) is 0.400. The molecule has 1 aliphatic rings. The van der Waals surface area contributed by atoms with E-state index in [9.17, 15) is 24.0 Å². The first kappa shape index (κ1) is 27.4. The number of nitrogens with one attached hydrogen (secondary N) is 1. The van der Waals surface area contributed by atoms with Crippen molar-refractivity contribution >= 4 is 40.5 Å². The number of hydrogen-bond acceptors (Lipinski definition) is 11. The number of nitrogens with zero attached hydrogens (tertiary/aromatic N) is 4. The number of nitrogens with two attached hydrogens (primary N) is 1. The molecule has 0 bridgehead atoms. The smallest absolute Gasteiger partial charge is 0.333 e. The van der Waals surface area contributed by atoms with E-state index in [0.29, 0.717) is 29.3 Å². The second kappa shape index (κ2) is 12.3. The molecule has 0 unspecified atom stereocenters. The van der Waals surface area contributed by atoms with Crippen LogP contribution in [-0.4, -0.2) is 68.5 Å². The van der Waals surface area contributed by atoms with Gasteiger partial charge >= 0.3 is 17.7 Å². The fourth-order valence-corrected chi connectivity index (χ4v) is 3.91. The Kier molecular flexibility index (Phi) is 8.66. The Morgan fingerprint density at radius 1 is 0.974 bits per heavy atom. The van der Waals surface area contributed by atoms with Crippen LogP contribution in [0, 0.1) is 0 Å². The summed E-state index contributed by atoms with van der Waals surface area (Å²) in [6.45, 7) is 0.787. The molecule has 14 heteroatoms. The number of H-pyrrole nitrogens is 1. The molecule has 0 radical (unpaired) electrons. The van der Waals surface area contributed by atoms with E-state index >= 15 is 0 Å². The van der Waals surface area contributed by atoms with Gasteiger partial charge in [-0.2, -0.15) is 9.97 Å². The molecule has 2 amide bonds. The summed E-state index contributed by atoms with van der Waals surface area (Å²) in [7, 11) is 1.54. The lowest BCUT2D eigenvalue weighted by molar-refractivity contribution is -0.197. The van der Waals surface area contributed by atoms with E-state index in [4.69, 9.17) is 20.0 Å². The summed E-state index contributed by atoms with van der Waals surface area (Å²) >= 11 is 0. The summed E-state index contributed by atoms with van der Waals surface area (Å²) in [6.07, 6.45) is 0.404. The number of aromatic nitrogens is 4. The van der Waals surface area contributed by atoms with Gasteiger partial charge < -0.3 is 25.0 Å². The lowest BCUT2D eigenvalue weighted by Gasteiger charge is -2.12. The molecule has 39 heavy (non-hydrogen) atoms. The van der Waals surface area contributed by atoms with Gasteiger partial charge in [0.25, 0.3) is 11.8 Å². The molecule has 14 nitrogen and oxygen atoms in total. The Morgan fingerprint density at radius 2 is 1.67 bits per heavy atom. The van der Waals surface area contributed by atoms with Crippen LogP contribution in [-0.2, 0) is 41.7 Å². The molecule has 1 fully saturated rings. The maximum absolute atomic E-state index is 12.6. The van der Waals surface area contributed by atoms with Crippen LogP contribution in [0.4, 0.5) is 5.82 Å². The first-order valence-electron chi connectivity index (χ1n) is 12.3. The normalized spacial score (nSPS) is 13.3. The number of fused-ring (bicyclic) bond motifs is 1. The summed E-state index contributed by atoms with van der Waals surface area (Å²) in [5, 5.41) is 0.469. The highest BCUT2D eigenvalue weighted by Crippen LogP contribution is 2.19. The van der Waals surface area contributed by atoms with Crippen LogP contribution in [0.2, 0.25) is 0 Å². The van der Waals surface area contributed by atoms with Crippen LogP contribution in [0.3, 0.4) is 0 Å². The second-order valence-electron chi connectivity index (χ2n) is 8.85. The van der Waals surface area contributed by atoms with Crippen molar-refractivity contribution in [3.05, 3.63) is 45.9 Å². The number of ketones is 1. The summed E-state index contributed by atoms with van der Waals surface area (Å²) in [5.41, 5.74) is 7.92. The van der Waals surface area contributed by atoms with Crippen molar-refractivity contribution in [3.63, 3.8) is 0 Å². The zero-order valence-corrected chi connectivity index (χ0v) is 21.3. The Morgan fingerprint density at radius 3 is 2.36 bits per heavy atom. The maximum atomic E-state index is 12.6. The van der Waals surface area contributed by atoms with E-state index in [0.717, 1.165) is 11.1 Å². The number of nitrogen functional groups attached to an aromatic ring is 1. The molecule has 3 N–H and O–H groups in total. The molecule has 0 spiro atoms. The average Bonchev–Trinajstić information content (AvgIpc) is 3.40. The summed E-state index contributed by atoms with van der Waals surface area (Å²) in [5.74, 6) is -1.99. The van der Waals surface area contributed by atoms with Crippen LogP contribution in [0.25, 0.3) is 11.2 Å². The number of imidazole rings is 1. The number of aromatic amines is 1. The number of hydroxylamine groups is 2. The lowest BCUT2D eigenvalue weighted by Crippen LogP contribution is -2.32. The highest BCUT2D eigenvalue weighted by Gasteiger charge is 2.32. The Balaban J connectivity index is 1.30. The van der Waals surface area contributed by atoms with Crippen LogP contribution in [0.1, 0.15) is 43.2 Å². The third-order valence-electron chi connectivity index (χ3n) is 6.01. The number of benzene rings is 1. The van der Waals surface area contributed by atoms with Crippen LogP contribution >= 0.6 is 0 Å². The molecule has 0 atom stereocenters. The molecule has 1 saturated heterocycles. The van der Waals surface area contributed by atoms with Gasteiger partial charge in [-0.3, -0.25) is 19.0 Å². The van der Waals surface area contributed by atoms with Gasteiger partial charge in [0.15, 0.2) is 11.5 Å². The zero-order valence-electron chi connectivity index (χ0n) is 21.3. The zero-order chi connectivity index (χ0) is 27.9. The number of hydrogen-bond donors (Lipinski definition) is 2. The third kappa shape index (κ3) is 6.84. The minimum absolute atomic E-state index is 0.0105. The number of anilines is 1. The predicted octanol–water partition coefficient (Wildman–Crippen LogP) is 0.664. The number of imide groups is 1. The number of amides is 2. The van der Waals surface area contributed by atoms with Crippen LogP contribution in [0.5, 0.6) is 6.01 Å². The van der Waals surface area contributed by atoms with Gasteiger partial charge in [-0.05, 0) is 17.5 Å². The van der Waals surface area contributed by atoms with Crippen molar-refractivity contribution in [3.8, 4) is 6.01 Å². The summed E-state index contributed by atoms with van der Waals surface area (Å²) in [4.78, 5) is 75.5. The quantitative estimate of drug-likeness (QED) is 0.229. The van der Waals surface area contributed by atoms with E-state index in [2.05, 4.69) is 15.0 Å². The van der Waals surface area contributed by atoms with E-state index in [-0.39, 0.29) is 62.9 Å². The Bertz CT molecular complexity index is 1430. The van der Waals surface area contributed by atoms with Gasteiger partial charge in [-0.25, -0.2) is 9.59 Å². The number of carbonyl (C=O) groups is 4. The number of ether oxygens (including phenoxy) is 2. The number of carbonyl (C=O) groups excluding carboxylic acids is 4. The molecule has 1 aliphatic heterocycles. The van der Waals surface area contributed by atoms with Gasteiger partial charge in [0.2, 0.25) is 0 Å². The van der Waals surface area contributed by atoms with Gasteiger partial charge in [0, 0.05) is 32.8 Å². The van der Waals surface area contributed by atoms with Crippen molar-refractivity contribution in [2.24, 2.45) is 0 Å². The monoisotopic (exact) mass is 540 g/mol. The number of rotatable bonds is 13. The second-order valence-corrected chi connectivity index (χ2v) is 8.85. The minimum Gasteiger partial charge on any atom is -0.461 e. The van der Waals surface area contributed by atoms with Gasteiger partial charge in [-0.15, -0.1) is 5.06 Å². The fourth-order valence-electron chi connectivity index (χ4n) is 3.91. The highest BCUT2D eigenvalue weighted by atomic mass is 16.7. The molecule has 0 aliphatic carbocycles. The highest BCUT2D eigenvalue weighted by molar-refractivity contribution is 6.01. The SMILES string of the molecule is COCCOc1nc(N)c2[nH]c(=O)n(Cc3ccc(CCC(=O)CCC(=O)ON4C(=O)CCC4=O)cc3)c2n1. The molecule has 206 valence electrons. The lowest BCUT2D eigenvalue weighted by atomic mass is 10.0. The molecule has 4 rings (SSSR count). The van der Waals surface area contributed by atoms with Crippen molar-refractivity contribution in [1.29, 1.82) is 0 Å². The number of Topliss-reactive ketones (excluding diaryl/α,β-unsaturated/α-hetero) is 1. The third-order valence-corrected chi connectivity index (χ3v) is 6.01. The van der Waals surface area contributed by atoms with Crippen molar-refractivity contribution in [2.45, 2.75) is 45.1 Å². The van der Waals surface area contributed by atoms with Crippen LogP contribution in [0.15, 0.2) is 29.1 Å². The largest absolute Gasteiger partial charge is 0.461 e. The predicted molar refractivity (Wildman–Crippen MR) is 135 cm³/mol. The minimum atomic E-state index is -0.801. The van der Waals surface area contributed by atoms with Crippen LogP contribution < -0.4 is 16.2 Å². The molecule has 3 heterocycles. The molecule has 0 saturated carbocycles. The standard InChI is InChI=1S/C25H28N6O8/c1-37-12-13-38-24-28-22(26)21-23(29-24)30(25(36)27-21)14-16-4-2-15(3-5-16)6-7-17(32)8-11-20(35)39-31-18(33)9-10-19(31)34/h2-5H,6-14H2,1H3,(H,27,36)(H2,26,28,29). The number of methoxy groups -OCH3 is 1. The Hall–Kier alpha value is -4.59. The Labute approximate surface area is 222 Å². The van der Waals surface area contributed by atoms with Crippen molar-refractivity contribution in [1.82, 2.24) is 24.6 Å². The number of aryl methyl sites for hydroxylation is 1. The summed E-state index contributed by atoms with van der Waals surface area (Å²) < 4.78 is 11.8. The van der Waals surface area contributed by atoms with E-state index in [1.807, 2.05) is 24.3 Å².